The largest absolute Gasteiger partial charge is 0.494 e. The van der Waals surface area contributed by atoms with Gasteiger partial charge in [0.05, 0.1) is 17.2 Å². The second-order valence-corrected chi connectivity index (χ2v) is 11.6. The van der Waals surface area contributed by atoms with Crippen molar-refractivity contribution < 1.29 is 27.1 Å². The standard InChI is InChI=1S/C32H40FN3O5S/c1-4-7-22-34-32(38)30(5-2)35(23-21-25-11-9-8-10-12-25)31(37)24-36(27-15-17-28(18-16-27)41-6-3)42(39,40)29-19-13-26(33)14-20-29/h8-20,30H,4-7,21-24H2,1-3H3,(H,34,38)/t30-/m0/s1. The number of sulfonamides is 1. The molecule has 8 nitrogen and oxygen atoms in total. The lowest BCUT2D eigenvalue weighted by Crippen LogP contribution is -2.53. The molecule has 0 heterocycles. The molecule has 10 heteroatoms. The number of halogens is 1. The van der Waals surface area contributed by atoms with Crippen molar-refractivity contribution in [3.8, 4) is 5.75 Å². The van der Waals surface area contributed by atoms with Gasteiger partial charge in [0.2, 0.25) is 11.8 Å². The van der Waals surface area contributed by atoms with Crippen LogP contribution in [0.1, 0.15) is 45.6 Å². The van der Waals surface area contributed by atoms with Crippen molar-refractivity contribution in [2.75, 3.05) is 30.5 Å². The molecule has 0 aliphatic rings. The van der Waals surface area contributed by atoms with E-state index < -0.39 is 34.3 Å². The summed E-state index contributed by atoms with van der Waals surface area (Å²) in [6.45, 7) is 6.28. The van der Waals surface area contributed by atoms with Gasteiger partial charge in [0.15, 0.2) is 0 Å². The molecule has 0 saturated carbocycles. The van der Waals surface area contributed by atoms with Gasteiger partial charge < -0.3 is 15.0 Å². The van der Waals surface area contributed by atoms with Crippen molar-refractivity contribution in [1.82, 2.24) is 10.2 Å². The number of nitrogens with one attached hydrogen (secondary N) is 1. The minimum Gasteiger partial charge on any atom is -0.494 e. The number of nitrogens with zero attached hydrogens (tertiary/aromatic N) is 2. The van der Waals surface area contributed by atoms with Crippen LogP contribution >= 0.6 is 0 Å². The fraction of sp³-hybridized carbons (Fsp3) is 0.375. The quantitative estimate of drug-likeness (QED) is 0.230. The maximum atomic E-state index is 14.0. The third-order valence-electron chi connectivity index (χ3n) is 6.82. The molecule has 226 valence electrons. The summed E-state index contributed by atoms with van der Waals surface area (Å²) < 4.78 is 47.9. The van der Waals surface area contributed by atoms with Crippen LogP contribution in [0.2, 0.25) is 0 Å². The fourth-order valence-corrected chi connectivity index (χ4v) is 5.95. The number of carbonyl (C=O) groups excluding carboxylic acids is 2. The van der Waals surface area contributed by atoms with Crippen molar-refractivity contribution in [3.05, 3.63) is 90.2 Å². The summed E-state index contributed by atoms with van der Waals surface area (Å²) in [5.41, 5.74) is 1.22. The summed E-state index contributed by atoms with van der Waals surface area (Å²) in [5, 5.41) is 2.92. The van der Waals surface area contributed by atoms with Crippen molar-refractivity contribution in [2.24, 2.45) is 0 Å². The molecule has 2 amide bonds. The van der Waals surface area contributed by atoms with Crippen LogP contribution in [0.3, 0.4) is 0 Å². The molecule has 0 aliphatic heterocycles. The molecule has 3 aromatic carbocycles. The first kappa shape index (κ1) is 32.6. The molecule has 0 unspecified atom stereocenters. The van der Waals surface area contributed by atoms with E-state index in [1.54, 1.807) is 24.3 Å². The Balaban J connectivity index is 1.99. The lowest BCUT2D eigenvalue weighted by molar-refractivity contribution is -0.139. The van der Waals surface area contributed by atoms with Gasteiger partial charge >= 0.3 is 0 Å². The van der Waals surface area contributed by atoms with Crippen LogP contribution in [0.15, 0.2) is 83.8 Å². The van der Waals surface area contributed by atoms with E-state index in [0.29, 0.717) is 31.7 Å². The molecule has 3 aromatic rings. The molecule has 3 rings (SSSR count). The normalized spacial score (nSPS) is 11.9. The number of hydrogen-bond donors (Lipinski definition) is 1. The summed E-state index contributed by atoms with van der Waals surface area (Å²) in [5.74, 6) is -0.833. The minimum absolute atomic E-state index is 0.161. The molecule has 0 saturated heterocycles. The number of amides is 2. The van der Waals surface area contributed by atoms with E-state index in [0.717, 1.165) is 34.8 Å². The van der Waals surface area contributed by atoms with Crippen LogP contribution < -0.4 is 14.4 Å². The van der Waals surface area contributed by atoms with E-state index in [4.69, 9.17) is 4.74 Å². The zero-order valence-corrected chi connectivity index (χ0v) is 25.3. The Bertz CT molecular complexity index is 1380. The van der Waals surface area contributed by atoms with Crippen LogP contribution in [-0.2, 0) is 26.0 Å². The Kier molecular flexibility index (Phi) is 12.3. The fourth-order valence-electron chi connectivity index (χ4n) is 4.54. The lowest BCUT2D eigenvalue weighted by Gasteiger charge is -2.33. The smallest absolute Gasteiger partial charge is 0.264 e. The number of rotatable bonds is 16. The number of anilines is 1. The Morgan fingerprint density at radius 2 is 1.60 bits per heavy atom. The first-order valence-corrected chi connectivity index (χ1v) is 15.8. The number of ether oxygens (including phenoxy) is 1. The van der Waals surface area contributed by atoms with E-state index in [1.165, 1.54) is 17.0 Å². The number of carbonyl (C=O) groups is 2. The maximum Gasteiger partial charge on any atom is 0.264 e. The minimum atomic E-state index is -4.28. The molecule has 0 aliphatic carbocycles. The molecule has 1 atom stereocenters. The van der Waals surface area contributed by atoms with E-state index in [-0.39, 0.29) is 23.0 Å². The molecule has 42 heavy (non-hydrogen) atoms. The monoisotopic (exact) mass is 597 g/mol. The van der Waals surface area contributed by atoms with E-state index >= 15 is 0 Å². The second-order valence-electron chi connectivity index (χ2n) is 9.78. The summed E-state index contributed by atoms with van der Waals surface area (Å²) in [6.07, 6.45) is 2.55. The zero-order chi connectivity index (χ0) is 30.5. The number of unbranched alkanes of at least 4 members (excludes halogenated alkanes) is 1. The zero-order valence-electron chi connectivity index (χ0n) is 24.5. The van der Waals surface area contributed by atoms with Gasteiger partial charge in [-0.15, -0.1) is 0 Å². The van der Waals surface area contributed by atoms with Gasteiger partial charge in [0, 0.05) is 13.1 Å². The van der Waals surface area contributed by atoms with Gasteiger partial charge in [-0.3, -0.25) is 13.9 Å². The first-order valence-electron chi connectivity index (χ1n) is 14.3. The Morgan fingerprint density at radius 1 is 0.929 bits per heavy atom. The van der Waals surface area contributed by atoms with Gasteiger partial charge in [-0.2, -0.15) is 0 Å². The van der Waals surface area contributed by atoms with Crippen LogP contribution in [0, 0.1) is 5.82 Å². The molecule has 0 fully saturated rings. The van der Waals surface area contributed by atoms with Crippen molar-refractivity contribution in [1.29, 1.82) is 0 Å². The SMILES string of the molecule is CCCCNC(=O)[C@H](CC)N(CCc1ccccc1)C(=O)CN(c1ccc(OCC)cc1)S(=O)(=O)c1ccc(F)cc1. The molecule has 0 spiro atoms. The van der Waals surface area contributed by atoms with E-state index in [9.17, 15) is 22.4 Å². The van der Waals surface area contributed by atoms with Crippen molar-refractivity contribution >= 4 is 27.5 Å². The number of benzene rings is 3. The third-order valence-corrected chi connectivity index (χ3v) is 8.60. The van der Waals surface area contributed by atoms with E-state index in [1.807, 2.05) is 51.1 Å². The topological polar surface area (TPSA) is 96.0 Å². The van der Waals surface area contributed by atoms with Crippen LogP contribution in [-0.4, -0.2) is 57.4 Å². The summed E-state index contributed by atoms with van der Waals surface area (Å²) >= 11 is 0. The molecule has 0 bridgehead atoms. The molecular weight excluding hydrogens is 557 g/mol. The van der Waals surface area contributed by atoms with Gasteiger partial charge in [-0.25, -0.2) is 12.8 Å². The first-order chi connectivity index (χ1) is 20.2. The van der Waals surface area contributed by atoms with Crippen LogP contribution in [0.25, 0.3) is 0 Å². The van der Waals surface area contributed by atoms with Crippen LogP contribution in [0.4, 0.5) is 10.1 Å². The summed E-state index contributed by atoms with van der Waals surface area (Å²) in [7, 11) is -4.28. The highest BCUT2D eigenvalue weighted by atomic mass is 32.2. The molecule has 1 N–H and O–H groups in total. The Morgan fingerprint density at radius 3 is 2.19 bits per heavy atom. The molecule has 0 radical (unpaired) electrons. The summed E-state index contributed by atoms with van der Waals surface area (Å²) in [6, 6.07) is 19.6. The molecule has 0 aromatic heterocycles. The van der Waals surface area contributed by atoms with Gasteiger partial charge in [-0.1, -0.05) is 50.6 Å². The van der Waals surface area contributed by atoms with Crippen molar-refractivity contribution in [3.63, 3.8) is 0 Å². The maximum absolute atomic E-state index is 14.0. The highest BCUT2D eigenvalue weighted by molar-refractivity contribution is 7.92. The third kappa shape index (κ3) is 8.79. The van der Waals surface area contributed by atoms with E-state index in [2.05, 4.69) is 5.32 Å². The Labute approximate surface area is 248 Å². The average Bonchev–Trinajstić information content (AvgIpc) is 2.99. The highest BCUT2D eigenvalue weighted by Crippen LogP contribution is 2.27. The molecular formula is C32H40FN3O5S. The summed E-state index contributed by atoms with van der Waals surface area (Å²) in [4.78, 5) is 28.6. The predicted octanol–water partition coefficient (Wildman–Crippen LogP) is 5.19. The van der Waals surface area contributed by atoms with Gasteiger partial charge in [0.25, 0.3) is 10.0 Å². The lowest BCUT2D eigenvalue weighted by atomic mass is 10.1. The average molecular weight is 598 g/mol. The highest BCUT2D eigenvalue weighted by Gasteiger charge is 2.33. The van der Waals surface area contributed by atoms with Gasteiger partial charge in [-0.05, 0) is 80.3 Å². The Hall–Kier alpha value is -3.92. The number of hydrogen-bond acceptors (Lipinski definition) is 5. The van der Waals surface area contributed by atoms with Crippen LogP contribution in [0.5, 0.6) is 5.75 Å². The van der Waals surface area contributed by atoms with Gasteiger partial charge in [0.1, 0.15) is 24.2 Å². The van der Waals surface area contributed by atoms with Crippen molar-refractivity contribution in [2.45, 2.75) is 57.4 Å². The second kappa shape index (κ2) is 15.9. The predicted molar refractivity (Wildman–Crippen MR) is 162 cm³/mol.